The zero-order chi connectivity index (χ0) is 17.6. The number of carbonyl (C=O) groups excluding carboxylic acids is 1. The second-order valence-corrected chi connectivity index (χ2v) is 6.57. The molecule has 1 aliphatic rings. The summed E-state index contributed by atoms with van der Waals surface area (Å²) in [4.78, 5) is 11.7. The highest BCUT2D eigenvalue weighted by Gasteiger charge is 2.23. The van der Waals surface area contributed by atoms with Gasteiger partial charge in [0.05, 0.1) is 6.61 Å². The predicted molar refractivity (Wildman–Crippen MR) is 99.2 cm³/mol. The van der Waals surface area contributed by atoms with Gasteiger partial charge in [0.1, 0.15) is 0 Å². The highest BCUT2D eigenvalue weighted by Crippen LogP contribution is 2.20. The molecule has 0 radical (unpaired) electrons. The molecule has 1 unspecified atom stereocenters. The molecule has 0 heterocycles. The normalized spacial score (nSPS) is 14.8. The number of carbonyl (C=O) groups is 1. The summed E-state index contributed by atoms with van der Waals surface area (Å²) in [6, 6.07) is 16.3. The van der Waals surface area contributed by atoms with E-state index in [1.165, 1.54) is 11.1 Å². The van der Waals surface area contributed by atoms with Crippen molar-refractivity contribution in [3.63, 3.8) is 0 Å². The van der Waals surface area contributed by atoms with Crippen LogP contribution in [0.3, 0.4) is 0 Å². The van der Waals surface area contributed by atoms with E-state index < -0.39 is 0 Å². The Morgan fingerprint density at radius 2 is 1.72 bits per heavy atom. The third-order valence-corrected chi connectivity index (χ3v) is 4.40. The number of rotatable bonds is 7. The Balaban J connectivity index is 1.49. The molecule has 0 bridgehead atoms. The Bertz CT molecular complexity index is 694. The molecule has 1 fully saturated rings. The summed E-state index contributed by atoms with van der Waals surface area (Å²) in [5, 5.41) is 18.3. The lowest BCUT2D eigenvalue weighted by Gasteiger charge is -2.15. The first-order valence-electron chi connectivity index (χ1n) is 8.73. The highest BCUT2D eigenvalue weighted by molar-refractivity contribution is 5.89. The molecular weight excluding hydrogens is 314 g/mol. The highest BCUT2D eigenvalue weighted by atomic mass is 16.3. The molecule has 4 N–H and O–H groups in total. The van der Waals surface area contributed by atoms with Gasteiger partial charge in [0, 0.05) is 24.3 Å². The van der Waals surface area contributed by atoms with Crippen LogP contribution in [0.15, 0.2) is 48.5 Å². The predicted octanol–water partition coefficient (Wildman–Crippen LogP) is 3.31. The monoisotopic (exact) mass is 339 g/mol. The first kappa shape index (κ1) is 17.5. The summed E-state index contributed by atoms with van der Waals surface area (Å²) in [6.07, 6.45) is 2.16. The van der Waals surface area contributed by atoms with Crippen LogP contribution in [-0.4, -0.2) is 17.2 Å². The number of hydrogen-bond donors (Lipinski definition) is 4. The van der Waals surface area contributed by atoms with Crippen molar-refractivity contribution in [3.05, 3.63) is 65.2 Å². The Kier molecular flexibility index (Phi) is 5.68. The Labute approximate surface area is 148 Å². The van der Waals surface area contributed by atoms with Crippen LogP contribution in [-0.2, 0) is 13.2 Å². The van der Waals surface area contributed by atoms with Crippen LogP contribution >= 0.6 is 0 Å². The maximum absolute atomic E-state index is 11.7. The first-order valence-corrected chi connectivity index (χ1v) is 8.73. The Hall–Kier alpha value is -2.37. The van der Waals surface area contributed by atoms with Crippen molar-refractivity contribution in [1.29, 1.82) is 0 Å². The quantitative estimate of drug-likeness (QED) is 0.625. The number of urea groups is 1. The molecule has 1 atom stereocenters. The molecule has 0 spiro atoms. The molecule has 0 aliphatic heterocycles. The van der Waals surface area contributed by atoms with Crippen LogP contribution < -0.4 is 16.0 Å². The van der Waals surface area contributed by atoms with Gasteiger partial charge in [-0.1, -0.05) is 36.4 Å². The lowest BCUT2D eigenvalue weighted by atomic mass is 10.1. The van der Waals surface area contributed by atoms with Crippen molar-refractivity contribution in [2.45, 2.75) is 45.0 Å². The number of nitrogens with one attached hydrogen (secondary N) is 3. The van der Waals surface area contributed by atoms with Gasteiger partial charge in [0.2, 0.25) is 0 Å². The third kappa shape index (κ3) is 5.31. The van der Waals surface area contributed by atoms with Crippen molar-refractivity contribution in [2.24, 2.45) is 0 Å². The maximum Gasteiger partial charge on any atom is 0.319 e. The Morgan fingerprint density at radius 1 is 1.08 bits per heavy atom. The van der Waals surface area contributed by atoms with Crippen LogP contribution in [0.2, 0.25) is 0 Å². The van der Waals surface area contributed by atoms with Crippen molar-refractivity contribution in [1.82, 2.24) is 10.6 Å². The van der Waals surface area contributed by atoms with E-state index in [1.54, 1.807) is 0 Å². The van der Waals surface area contributed by atoms with Crippen LogP contribution in [0.25, 0.3) is 0 Å². The standard InChI is InChI=1S/C20H25N3O2/c1-14(21-12-15-2-4-16(13-24)5-3-15)17-6-8-18(9-7-17)22-20(25)23-19-10-11-19/h2-9,14,19,21,24H,10-13H2,1H3,(H2,22,23,25). The molecule has 2 aromatic rings. The molecule has 132 valence electrons. The van der Waals surface area contributed by atoms with E-state index in [9.17, 15) is 4.79 Å². The van der Waals surface area contributed by atoms with E-state index in [0.29, 0.717) is 6.04 Å². The lowest BCUT2D eigenvalue weighted by Crippen LogP contribution is -2.30. The molecule has 2 aromatic carbocycles. The number of benzene rings is 2. The van der Waals surface area contributed by atoms with Gasteiger partial charge in [-0.2, -0.15) is 0 Å². The first-order chi connectivity index (χ1) is 12.1. The summed E-state index contributed by atoms with van der Waals surface area (Å²) >= 11 is 0. The molecular formula is C20H25N3O2. The number of aliphatic hydroxyl groups excluding tert-OH is 1. The number of amides is 2. The van der Waals surface area contributed by atoms with Crippen molar-refractivity contribution >= 4 is 11.7 Å². The lowest BCUT2D eigenvalue weighted by molar-refractivity contribution is 0.251. The Morgan fingerprint density at radius 3 is 2.32 bits per heavy atom. The fourth-order valence-corrected chi connectivity index (χ4v) is 2.59. The van der Waals surface area contributed by atoms with Crippen LogP contribution in [0.1, 0.15) is 42.5 Å². The van der Waals surface area contributed by atoms with Gasteiger partial charge in [0.15, 0.2) is 0 Å². The fourth-order valence-electron chi connectivity index (χ4n) is 2.59. The van der Waals surface area contributed by atoms with Gasteiger partial charge < -0.3 is 21.1 Å². The van der Waals surface area contributed by atoms with E-state index in [0.717, 1.165) is 30.6 Å². The summed E-state index contributed by atoms with van der Waals surface area (Å²) < 4.78 is 0. The van der Waals surface area contributed by atoms with Crippen LogP contribution in [0, 0.1) is 0 Å². The van der Waals surface area contributed by atoms with E-state index >= 15 is 0 Å². The van der Waals surface area contributed by atoms with Gasteiger partial charge in [-0.25, -0.2) is 4.79 Å². The number of hydrogen-bond acceptors (Lipinski definition) is 3. The van der Waals surface area contributed by atoms with Crippen molar-refractivity contribution in [2.75, 3.05) is 5.32 Å². The van der Waals surface area contributed by atoms with E-state index in [4.69, 9.17) is 5.11 Å². The molecule has 1 saturated carbocycles. The average Bonchev–Trinajstić information content (AvgIpc) is 3.44. The molecule has 5 nitrogen and oxygen atoms in total. The summed E-state index contributed by atoms with van der Waals surface area (Å²) in [5.41, 5.74) is 4.07. The van der Waals surface area contributed by atoms with Gasteiger partial charge in [0.25, 0.3) is 0 Å². The molecule has 5 heteroatoms. The summed E-state index contributed by atoms with van der Waals surface area (Å²) in [6.45, 7) is 2.95. The maximum atomic E-state index is 11.7. The van der Waals surface area contributed by atoms with Gasteiger partial charge >= 0.3 is 6.03 Å². The summed E-state index contributed by atoms with van der Waals surface area (Å²) in [7, 11) is 0. The SMILES string of the molecule is CC(NCc1ccc(CO)cc1)c1ccc(NC(=O)NC2CC2)cc1. The minimum absolute atomic E-state index is 0.0726. The van der Waals surface area contributed by atoms with Crippen LogP contribution in [0.4, 0.5) is 10.5 Å². The minimum Gasteiger partial charge on any atom is -0.392 e. The van der Waals surface area contributed by atoms with Crippen LogP contribution in [0.5, 0.6) is 0 Å². The van der Waals surface area contributed by atoms with Crippen molar-refractivity contribution in [3.8, 4) is 0 Å². The second-order valence-electron chi connectivity index (χ2n) is 6.57. The van der Waals surface area contributed by atoms with E-state index in [2.05, 4.69) is 22.9 Å². The zero-order valence-electron chi connectivity index (χ0n) is 14.5. The number of aliphatic hydroxyl groups is 1. The summed E-state index contributed by atoms with van der Waals surface area (Å²) in [5.74, 6) is 0. The topological polar surface area (TPSA) is 73.4 Å². The molecule has 3 rings (SSSR count). The van der Waals surface area contributed by atoms with Gasteiger partial charge in [-0.3, -0.25) is 0 Å². The zero-order valence-corrected chi connectivity index (χ0v) is 14.5. The number of anilines is 1. The molecule has 1 aliphatic carbocycles. The third-order valence-electron chi connectivity index (χ3n) is 4.40. The molecule has 0 aromatic heterocycles. The van der Waals surface area contributed by atoms with E-state index in [-0.39, 0.29) is 18.7 Å². The molecule has 2 amide bonds. The van der Waals surface area contributed by atoms with E-state index in [1.807, 2.05) is 48.5 Å². The smallest absolute Gasteiger partial charge is 0.319 e. The average molecular weight is 339 g/mol. The minimum atomic E-state index is -0.132. The van der Waals surface area contributed by atoms with Gasteiger partial charge in [-0.15, -0.1) is 0 Å². The fraction of sp³-hybridized carbons (Fsp3) is 0.350. The van der Waals surface area contributed by atoms with Gasteiger partial charge in [-0.05, 0) is 48.6 Å². The largest absolute Gasteiger partial charge is 0.392 e. The second kappa shape index (κ2) is 8.14. The van der Waals surface area contributed by atoms with Crippen molar-refractivity contribution < 1.29 is 9.90 Å². The molecule has 25 heavy (non-hydrogen) atoms. The molecule has 0 saturated heterocycles.